The first-order chi connectivity index (χ1) is 11.9. The second-order valence-electron chi connectivity index (χ2n) is 5.55. The summed E-state index contributed by atoms with van der Waals surface area (Å²) in [5, 5.41) is 6.41. The number of hydrogen-bond donors (Lipinski definition) is 3. The Morgan fingerprint density at radius 3 is 2.54 bits per heavy atom. The van der Waals surface area contributed by atoms with Crippen LogP contribution in [0.4, 0.5) is 0 Å². The molecule has 0 fully saturated rings. The molecule has 0 saturated heterocycles. The first kappa shape index (κ1) is 24.9. The zero-order valence-corrected chi connectivity index (χ0v) is 19.1. The van der Waals surface area contributed by atoms with Gasteiger partial charge in [0.15, 0.2) is 5.96 Å². The number of aryl methyl sites for hydroxylation is 1. The van der Waals surface area contributed by atoms with Crippen LogP contribution in [-0.4, -0.2) is 53.4 Å². The Balaban J connectivity index is 0.00000625. The molecule has 0 atom stereocenters. The largest absolute Gasteiger partial charge is 0.496 e. The predicted octanol–water partition coefficient (Wildman–Crippen LogP) is 1.66. The average molecular weight is 498 g/mol. The number of ether oxygens (including phenoxy) is 1. The van der Waals surface area contributed by atoms with Crippen LogP contribution in [0.1, 0.15) is 25.0 Å². The van der Waals surface area contributed by atoms with Crippen molar-refractivity contribution in [2.45, 2.75) is 27.2 Å². The summed E-state index contributed by atoms with van der Waals surface area (Å²) in [6.07, 6.45) is 0.803. The van der Waals surface area contributed by atoms with Gasteiger partial charge in [-0.05, 0) is 38.8 Å². The summed E-state index contributed by atoms with van der Waals surface area (Å²) in [6, 6.07) is 6.12. The molecule has 0 amide bonds. The Hall–Kier alpha value is -1.07. The SMILES string of the molecule is CCNC(=NCCNS(=O)(=O)CC)NCCc1cc(C)ccc1OC.I. The zero-order chi connectivity index (χ0) is 18.7. The van der Waals surface area contributed by atoms with Gasteiger partial charge < -0.3 is 15.4 Å². The van der Waals surface area contributed by atoms with Gasteiger partial charge in [-0.2, -0.15) is 0 Å². The van der Waals surface area contributed by atoms with Crippen molar-refractivity contribution in [3.05, 3.63) is 29.3 Å². The molecule has 9 heteroatoms. The molecule has 1 aromatic carbocycles. The molecule has 0 aromatic heterocycles. The van der Waals surface area contributed by atoms with Crippen LogP contribution in [0.5, 0.6) is 5.75 Å². The lowest BCUT2D eigenvalue weighted by Gasteiger charge is -2.13. The molecule has 0 bridgehead atoms. The van der Waals surface area contributed by atoms with E-state index in [0.29, 0.717) is 25.6 Å². The Bertz CT molecular complexity index is 666. The standard InChI is InChI=1S/C17H30N4O3S.HI/c1-5-18-17(20-11-12-21-25(22,23)6-2)19-10-9-15-13-14(3)7-8-16(15)24-4;/h7-8,13,21H,5-6,9-12H2,1-4H3,(H2,18,19,20);1H. The number of methoxy groups -OCH3 is 1. The van der Waals surface area contributed by atoms with Crippen molar-refractivity contribution in [1.82, 2.24) is 15.4 Å². The van der Waals surface area contributed by atoms with Gasteiger partial charge >= 0.3 is 0 Å². The third kappa shape index (κ3) is 9.58. The number of guanidine groups is 1. The molecule has 0 aliphatic carbocycles. The maximum Gasteiger partial charge on any atom is 0.211 e. The van der Waals surface area contributed by atoms with E-state index >= 15 is 0 Å². The van der Waals surface area contributed by atoms with E-state index in [1.54, 1.807) is 14.0 Å². The molecule has 0 aliphatic rings. The monoisotopic (exact) mass is 498 g/mol. The average Bonchev–Trinajstić information content (AvgIpc) is 2.59. The summed E-state index contributed by atoms with van der Waals surface area (Å²) in [6.45, 7) is 7.75. The predicted molar refractivity (Wildman–Crippen MR) is 118 cm³/mol. The van der Waals surface area contributed by atoms with Crippen LogP contribution in [0.3, 0.4) is 0 Å². The lowest BCUT2D eigenvalue weighted by Crippen LogP contribution is -2.39. The second kappa shape index (κ2) is 13.2. The van der Waals surface area contributed by atoms with Crippen LogP contribution in [0.15, 0.2) is 23.2 Å². The molecule has 1 aromatic rings. The van der Waals surface area contributed by atoms with Crippen molar-refractivity contribution < 1.29 is 13.2 Å². The fourth-order valence-electron chi connectivity index (χ4n) is 2.23. The van der Waals surface area contributed by atoms with E-state index < -0.39 is 10.0 Å². The van der Waals surface area contributed by atoms with Crippen LogP contribution in [0, 0.1) is 6.92 Å². The van der Waals surface area contributed by atoms with Gasteiger partial charge in [0.2, 0.25) is 10.0 Å². The molecule has 0 aliphatic heterocycles. The van der Waals surface area contributed by atoms with E-state index in [1.807, 2.05) is 19.1 Å². The number of aliphatic imine (C=N–C) groups is 1. The summed E-state index contributed by atoms with van der Waals surface area (Å²) in [7, 11) is -1.50. The smallest absolute Gasteiger partial charge is 0.211 e. The number of nitrogens with zero attached hydrogens (tertiary/aromatic N) is 1. The highest BCUT2D eigenvalue weighted by molar-refractivity contribution is 14.0. The molecule has 0 unspecified atom stereocenters. The molecule has 0 radical (unpaired) electrons. The van der Waals surface area contributed by atoms with Crippen molar-refractivity contribution in [3.8, 4) is 5.75 Å². The Labute approximate surface area is 174 Å². The first-order valence-corrected chi connectivity index (χ1v) is 10.2. The maximum absolute atomic E-state index is 11.4. The number of sulfonamides is 1. The minimum Gasteiger partial charge on any atom is -0.496 e. The number of rotatable bonds is 10. The summed E-state index contributed by atoms with van der Waals surface area (Å²) in [5.41, 5.74) is 2.33. The topological polar surface area (TPSA) is 91.8 Å². The highest BCUT2D eigenvalue weighted by Gasteiger charge is 2.06. The second-order valence-corrected chi connectivity index (χ2v) is 7.65. The molecule has 7 nitrogen and oxygen atoms in total. The number of hydrogen-bond acceptors (Lipinski definition) is 4. The van der Waals surface area contributed by atoms with E-state index in [1.165, 1.54) is 5.56 Å². The molecular formula is C17H31IN4O3S. The Morgan fingerprint density at radius 2 is 1.92 bits per heavy atom. The van der Waals surface area contributed by atoms with Crippen molar-refractivity contribution in [2.75, 3.05) is 39.0 Å². The van der Waals surface area contributed by atoms with Gasteiger partial charge in [0.05, 0.1) is 19.4 Å². The molecular weight excluding hydrogens is 467 g/mol. The van der Waals surface area contributed by atoms with Gasteiger partial charge in [-0.15, -0.1) is 24.0 Å². The summed E-state index contributed by atoms with van der Waals surface area (Å²) in [4.78, 5) is 4.38. The summed E-state index contributed by atoms with van der Waals surface area (Å²) in [5.74, 6) is 1.63. The van der Waals surface area contributed by atoms with Crippen molar-refractivity contribution in [1.29, 1.82) is 0 Å². The van der Waals surface area contributed by atoms with E-state index in [-0.39, 0.29) is 29.7 Å². The Morgan fingerprint density at radius 1 is 1.19 bits per heavy atom. The van der Waals surface area contributed by atoms with Crippen LogP contribution < -0.4 is 20.1 Å². The van der Waals surface area contributed by atoms with E-state index in [9.17, 15) is 8.42 Å². The van der Waals surface area contributed by atoms with Crippen LogP contribution in [-0.2, 0) is 16.4 Å². The third-order valence-corrected chi connectivity index (χ3v) is 4.95. The van der Waals surface area contributed by atoms with E-state index in [0.717, 1.165) is 24.3 Å². The highest BCUT2D eigenvalue weighted by atomic mass is 127. The van der Waals surface area contributed by atoms with Gasteiger partial charge in [-0.3, -0.25) is 4.99 Å². The minimum atomic E-state index is -3.17. The lowest BCUT2D eigenvalue weighted by molar-refractivity contribution is 0.409. The van der Waals surface area contributed by atoms with Gasteiger partial charge in [0.25, 0.3) is 0 Å². The van der Waals surface area contributed by atoms with Gasteiger partial charge in [-0.1, -0.05) is 17.7 Å². The van der Waals surface area contributed by atoms with E-state index in [2.05, 4.69) is 33.3 Å². The molecule has 150 valence electrons. The summed E-state index contributed by atoms with van der Waals surface area (Å²) >= 11 is 0. The lowest BCUT2D eigenvalue weighted by atomic mass is 10.1. The molecule has 0 spiro atoms. The van der Waals surface area contributed by atoms with Crippen LogP contribution in [0.2, 0.25) is 0 Å². The third-order valence-electron chi connectivity index (χ3n) is 3.55. The molecule has 26 heavy (non-hydrogen) atoms. The van der Waals surface area contributed by atoms with Crippen LogP contribution >= 0.6 is 24.0 Å². The minimum absolute atomic E-state index is 0. The molecule has 0 heterocycles. The number of nitrogens with one attached hydrogen (secondary N) is 3. The van der Waals surface area contributed by atoms with Gasteiger partial charge in [-0.25, -0.2) is 13.1 Å². The van der Waals surface area contributed by atoms with Crippen LogP contribution in [0.25, 0.3) is 0 Å². The zero-order valence-electron chi connectivity index (χ0n) is 16.0. The molecule has 3 N–H and O–H groups in total. The first-order valence-electron chi connectivity index (χ1n) is 8.54. The fourth-order valence-corrected chi connectivity index (χ4v) is 2.84. The van der Waals surface area contributed by atoms with E-state index in [4.69, 9.17) is 4.74 Å². The van der Waals surface area contributed by atoms with Gasteiger partial charge in [0, 0.05) is 19.6 Å². The normalized spacial score (nSPS) is 11.6. The Kier molecular flexibility index (Phi) is 12.6. The fraction of sp³-hybridized carbons (Fsp3) is 0.588. The number of benzene rings is 1. The molecule has 0 saturated carbocycles. The van der Waals surface area contributed by atoms with Crippen molar-refractivity contribution >= 4 is 40.0 Å². The number of halogens is 1. The maximum atomic E-state index is 11.4. The van der Waals surface area contributed by atoms with Crippen molar-refractivity contribution in [3.63, 3.8) is 0 Å². The summed E-state index contributed by atoms with van der Waals surface area (Å²) < 4.78 is 30.7. The molecule has 1 rings (SSSR count). The quantitative estimate of drug-likeness (QED) is 0.198. The van der Waals surface area contributed by atoms with Crippen molar-refractivity contribution in [2.24, 2.45) is 4.99 Å². The van der Waals surface area contributed by atoms with Gasteiger partial charge in [0.1, 0.15) is 5.75 Å². The highest BCUT2D eigenvalue weighted by Crippen LogP contribution is 2.19.